The Labute approximate surface area is 146 Å². The van der Waals surface area contributed by atoms with Crippen molar-refractivity contribution in [3.63, 3.8) is 0 Å². The third kappa shape index (κ3) is 4.29. The van der Waals surface area contributed by atoms with Crippen LogP contribution in [0.2, 0.25) is 0 Å². The van der Waals surface area contributed by atoms with Gasteiger partial charge in [0.2, 0.25) is 0 Å². The van der Waals surface area contributed by atoms with Crippen molar-refractivity contribution in [3.8, 4) is 0 Å². The summed E-state index contributed by atoms with van der Waals surface area (Å²) in [6.07, 6.45) is 3.17. The fraction of sp³-hybridized carbons (Fsp3) is 0.0500. The van der Waals surface area contributed by atoms with E-state index in [4.69, 9.17) is 0 Å². The number of carbonyl (C=O) groups excluding carboxylic acids is 1. The zero-order valence-electron chi connectivity index (χ0n) is 13.8. The number of carbonyl (C=O) groups is 1. The Morgan fingerprint density at radius 2 is 1.64 bits per heavy atom. The monoisotopic (exact) mass is 330 g/mol. The van der Waals surface area contributed by atoms with Crippen LogP contribution in [0.25, 0.3) is 0 Å². The molecule has 124 valence electrons. The van der Waals surface area contributed by atoms with Crippen LogP contribution in [0.4, 0.5) is 11.4 Å². The Balaban J connectivity index is 1.62. The number of hydrogen-bond donors (Lipinski definition) is 1. The molecular formula is C20H18N4O. The van der Waals surface area contributed by atoms with Gasteiger partial charge in [0.05, 0.1) is 6.21 Å². The van der Waals surface area contributed by atoms with Crippen LogP contribution in [0.3, 0.4) is 0 Å². The van der Waals surface area contributed by atoms with E-state index in [1.807, 2.05) is 49.5 Å². The summed E-state index contributed by atoms with van der Waals surface area (Å²) in [6.45, 7) is 0. The summed E-state index contributed by atoms with van der Waals surface area (Å²) in [5, 5.41) is 3.97. The molecule has 0 unspecified atom stereocenters. The van der Waals surface area contributed by atoms with Crippen molar-refractivity contribution >= 4 is 23.5 Å². The highest BCUT2D eigenvalue weighted by Gasteiger charge is 2.04. The Bertz CT molecular complexity index is 846. The van der Waals surface area contributed by atoms with Crippen LogP contribution in [0.1, 0.15) is 16.1 Å². The Hall–Kier alpha value is -3.47. The van der Waals surface area contributed by atoms with Crippen molar-refractivity contribution < 1.29 is 4.79 Å². The lowest BCUT2D eigenvalue weighted by molar-refractivity contribution is 0.0950. The standard InChI is InChI=1S/C20H18N4O/c1-24(17-7-3-2-4-8-17)18-12-10-16(11-13-18)15-22-23-20(25)19-9-5-6-14-21-19/h2-15H,1H3,(H,23,25)/b22-15+. The molecule has 1 aromatic heterocycles. The predicted molar refractivity (Wildman–Crippen MR) is 100 cm³/mol. The van der Waals surface area contributed by atoms with Crippen LogP contribution < -0.4 is 10.3 Å². The van der Waals surface area contributed by atoms with Crippen molar-refractivity contribution in [2.75, 3.05) is 11.9 Å². The van der Waals surface area contributed by atoms with Crippen molar-refractivity contribution in [2.45, 2.75) is 0 Å². The number of benzene rings is 2. The van der Waals surface area contributed by atoms with E-state index in [1.54, 1.807) is 30.6 Å². The number of rotatable bonds is 5. The van der Waals surface area contributed by atoms with Gasteiger partial charge in [-0.3, -0.25) is 9.78 Å². The first-order valence-corrected chi connectivity index (χ1v) is 7.87. The molecule has 5 heteroatoms. The molecule has 3 aromatic rings. The number of hydrazone groups is 1. The molecular weight excluding hydrogens is 312 g/mol. The summed E-state index contributed by atoms with van der Waals surface area (Å²) in [7, 11) is 2.02. The maximum atomic E-state index is 11.8. The molecule has 0 fully saturated rings. The largest absolute Gasteiger partial charge is 0.345 e. The van der Waals surface area contributed by atoms with Crippen molar-refractivity contribution in [1.29, 1.82) is 0 Å². The normalized spacial score (nSPS) is 10.6. The number of hydrogen-bond acceptors (Lipinski definition) is 4. The van der Waals surface area contributed by atoms with Crippen LogP contribution in [0.15, 0.2) is 84.1 Å². The minimum Gasteiger partial charge on any atom is -0.345 e. The van der Waals surface area contributed by atoms with Crippen molar-refractivity contribution in [1.82, 2.24) is 10.4 Å². The molecule has 0 radical (unpaired) electrons. The van der Waals surface area contributed by atoms with Gasteiger partial charge in [0, 0.05) is 24.6 Å². The van der Waals surface area contributed by atoms with E-state index < -0.39 is 0 Å². The average molecular weight is 330 g/mol. The quantitative estimate of drug-likeness (QED) is 0.574. The Kier molecular flexibility index (Phi) is 5.16. The molecule has 0 atom stereocenters. The van der Waals surface area contributed by atoms with E-state index >= 15 is 0 Å². The van der Waals surface area contributed by atoms with Gasteiger partial charge in [-0.05, 0) is 42.0 Å². The third-order valence-electron chi connectivity index (χ3n) is 3.70. The van der Waals surface area contributed by atoms with Gasteiger partial charge < -0.3 is 4.90 Å². The van der Waals surface area contributed by atoms with Gasteiger partial charge in [-0.15, -0.1) is 0 Å². The topological polar surface area (TPSA) is 57.6 Å². The summed E-state index contributed by atoms with van der Waals surface area (Å²) in [5.41, 5.74) is 5.88. The van der Waals surface area contributed by atoms with Gasteiger partial charge in [-0.25, -0.2) is 5.43 Å². The number of pyridine rings is 1. The summed E-state index contributed by atoms with van der Waals surface area (Å²) in [4.78, 5) is 17.9. The maximum Gasteiger partial charge on any atom is 0.289 e. The summed E-state index contributed by atoms with van der Waals surface area (Å²) >= 11 is 0. The highest BCUT2D eigenvalue weighted by Crippen LogP contribution is 2.22. The number of para-hydroxylation sites is 1. The molecule has 0 aliphatic rings. The maximum absolute atomic E-state index is 11.8. The minimum absolute atomic E-state index is 0.333. The van der Waals surface area contributed by atoms with Crippen LogP contribution in [0, 0.1) is 0 Å². The summed E-state index contributed by atoms with van der Waals surface area (Å²) in [5.74, 6) is -0.336. The molecule has 1 N–H and O–H groups in total. The molecule has 0 saturated carbocycles. The molecule has 2 aromatic carbocycles. The fourth-order valence-corrected chi connectivity index (χ4v) is 2.30. The first kappa shape index (κ1) is 16.4. The van der Waals surface area contributed by atoms with Gasteiger partial charge in [0.1, 0.15) is 5.69 Å². The van der Waals surface area contributed by atoms with E-state index in [-0.39, 0.29) is 5.91 Å². The van der Waals surface area contributed by atoms with Crippen LogP contribution in [-0.4, -0.2) is 24.2 Å². The average Bonchev–Trinajstić information content (AvgIpc) is 2.69. The van der Waals surface area contributed by atoms with E-state index in [1.165, 1.54) is 0 Å². The number of anilines is 2. The van der Waals surface area contributed by atoms with Gasteiger partial charge in [0.25, 0.3) is 5.91 Å². The van der Waals surface area contributed by atoms with E-state index in [9.17, 15) is 4.79 Å². The van der Waals surface area contributed by atoms with E-state index in [0.717, 1.165) is 16.9 Å². The van der Waals surface area contributed by atoms with Crippen LogP contribution in [0.5, 0.6) is 0 Å². The van der Waals surface area contributed by atoms with Gasteiger partial charge in [-0.2, -0.15) is 5.10 Å². The lowest BCUT2D eigenvalue weighted by Crippen LogP contribution is -2.18. The van der Waals surface area contributed by atoms with Crippen molar-refractivity contribution in [3.05, 3.63) is 90.3 Å². The molecule has 5 nitrogen and oxygen atoms in total. The van der Waals surface area contributed by atoms with Gasteiger partial charge in [0.15, 0.2) is 0 Å². The zero-order chi connectivity index (χ0) is 17.5. The second-order valence-corrected chi connectivity index (χ2v) is 5.40. The second kappa shape index (κ2) is 7.88. The van der Waals surface area contributed by atoms with Gasteiger partial charge >= 0.3 is 0 Å². The summed E-state index contributed by atoms with van der Waals surface area (Å²) < 4.78 is 0. The van der Waals surface area contributed by atoms with E-state index in [2.05, 4.69) is 32.5 Å². The predicted octanol–water partition coefficient (Wildman–Crippen LogP) is 3.61. The molecule has 0 aliphatic heterocycles. The van der Waals surface area contributed by atoms with Crippen molar-refractivity contribution in [2.24, 2.45) is 5.10 Å². The molecule has 0 aliphatic carbocycles. The molecule has 25 heavy (non-hydrogen) atoms. The lowest BCUT2D eigenvalue weighted by atomic mass is 10.2. The number of nitrogens with zero attached hydrogens (tertiary/aromatic N) is 3. The first-order valence-electron chi connectivity index (χ1n) is 7.87. The lowest BCUT2D eigenvalue weighted by Gasteiger charge is -2.19. The SMILES string of the molecule is CN(c1ccccc1)c1ccc(/C=N/NC(=O)c2ccccn2)cc1. The molecule has 0 spiro atoms. The number of amides is 1. The molecule has 0 bridgehead atoms. The highest BCUT2D eigenvalue weighted by atomic mass is 16.2. The smallest absolute Gasteiger partial charge is 0.289 e. The Morgan fingerprint density at radius 3 is 2.32 bits per heavy atom. The molecule has 0 saturated heterocycles. The van der Waals surface area contributed by atoms with E-state index in [0.29, 0.717) is 5.69 Å². The summed E-state index contributed by atoms with van der Waals surface area (Å²) in [6, 6.07) is 23.2. The minimum atomic E-state index is -0.336. The molecule has 1 heterocycles. The number of nitrogens with one attached hydrogen (secondary N) is 1. The van der Waals surface area contributed by atoms with Crippen LogP contribution in [-0.2, 0) is 0 Å². The number of aromatic nitrogens is 1. The van der Waals surface area contributed by atoms with Crippen LogP contribution >= 0.6 is 0 Å². The second-order valence-electron chi connectivity index (χ2n) is 5.40. The highest BCUT2D eigenvalue weighted by molar-refractivity contribution is 5.93. The Morgan fingerprint density at radius 1 is 0.960 bits per heavy atom. The zero-order valence-corrected chi connectivity index (χ0v) is 13.8. The molecule has 1 amide bonds. The third-order valence-corrected chi connectivity index (χ3v) is 3.70. The van der Waals surface area contributed by atoms with Gasteiger partial charge in [-0.1, -0.05) is 36.4 Å². The molecule has 3 rings (SSSR count). The fourth-order valence-electron chi connectivity index (χ4n) is 2.30. The first-order chi connectivity index (χ1) is 12.2.